The molecule has 0 aliphatic rings. The van der Waals surface area contributed by atoms with Gasteiger partial charge in [0.25, 0.3) is 0 Å². The first kappa shape index (κ1) is 13.9. The molecule has 0 saturated carbocycles. The number of aryl methyl sites for hydroxylation is 1. The lowest BCUT2D eigenvalue weighted by molar-refractivity contribution is -0.124. The Morgan fingerprint density at radius 2 is 1.88 bits per heavy atom. The van der Waals surface area contributed by atoms with Crippen molar-refractivity contribution in [2.75, 3.05) is 0 Å². The smallest absolute Gasteiger partial charge is 0.135 e. The standard InChI is InChI=1S/C15H22O2/c1-3-7-14(12(2)16)15(17)11-10-13-8-5-4-6-9-13/h4-6,8-9,14-15,17H,3,7,10-11H2,1-2H3/t14-,15+/m0/s1. The molecule has 2 nitrogen and oxygen atoms in total. The molecule has 0 amide bonds. The number of hydrogen-bond acceptors (Lipinski definition) is 2. The van der Waals surface area contributed by atoms with Gasteiger partial charge >= 0.3 is 0 Å². The van der Waals surface area contributed by atoms with Gasteiger partial charge < -0.3 is 5.11 Å². The Kier molecular flexibility index (Phi) is 5.92. The molecule has 0 aliphatic heterocycles. The molecule has 0 bridgehead atoms. The van der Waals surface area contributed by atoms with Crippen LogP contribution in [0.4, 0.5) is 0 Å². The van der Waals surface area contributed by atoms with Crippen molar-refractivity contribution in [2.24, 2.45) is 5.92 Å². The molecular formula is C15H22O2. The van der Waals surface area contributed by atoms with E-state index in [2.05, 4.69) is 12.1 Å². The molecule has 94 valence electrons. The van der Waals surface area contributed by atoms with Gasteiger partial charge in [-0.2, -0.15) is 0 Å². The molecule has 1 aromatic rings. The van der Waals surface area contributed by atoms with E-state index in [1.807, 2.05) is 25.1 Å². The van der Waals surface area contributed by atoms with Crippen LogP contribution < -0.4 is 0 Å². The Morgan fingerprint density at radius 3 is 2.41 bits per heavy atom. The zero-order chi connectivity index (χ0) is 12.7. The maximum Gasteiger partial charge on any atom is 0.135 e. The highest BCUT2D eigenvalue weighted by molar-refractivity contribution is 5.78. The van der Waals surface area contributed by atoms with Crippen LogP contribution in [0.25, 0.3) is 0 Å². The summed E-state index contributed by atoms with van der Waals surface area (Å²) in [5.41, 5.74) is 1.21. The Labute approximate surface area is 104 Å². The molecule has 0 fully saturated rings. The molecular weight excluding hydrogens is 212 g/mol. The molecule has 2 atom stereocenters. The molecule has 0 heterocycles. The molecule has 0 aromatic heterocycles. The van der Waals surface area contributed by atoms with Crippen molar-refractivity contribution in [1.29, 1.82) is 0 Å². The third kappa shape index (κ3) is 4.70. The van der Waals surface area contributed by atoms with E-state index in [1.165, 1.54) is 5.56 Å². The Bertz CT molecular complexity index is 332. The quantitative estimate of drug-likeness (QED) is 0.787. The second-order valence-corrected chi connectivity index (χ2v) is 4.60. The molecule has 0 aliphatic carbocycles. The monoisotopic (exact) mass is 234 g/mol. The van der Waals surface area contributed by atoms with Crippen molar-refractivity contribution >= 4 is 5.78 Å². The molecule has 1 aromatic carbocycles. The van der Waals surface area contributed by atoms with Crippen LogP contribution in [0.3, 0.4) is 0 Å². The Morgan fingerprint density at radius 1 is 1.24 bits per heavy atom. The summed E-state index contributed by atoms with van der Waals surface area (Å²) in [5, 5.41) is 10.1. The first-order chi connectivity index (χ1) is 8.15. The number of rotatable bonds is 7. The van der Waals surface area contributed by atoms with Gasteiger partial charge in [0, 0.05) is 5.92 Å². The largest absolute Gasteiger partial charge is 0.392 e. The summed E-state index contributed by atoms with van der Waals surface area (Å²) in [6.07, 6.45) is 2.70. The van der Waals surface area contributed by atoms with Crippen molar-refractivity contribution in [2.45, 2.75) is 45.6 Å². The van der Waals surface area contributed by atoms with Gasteiger partial charge in [-0.15, -0.1) is 0 Å². The van der Waals surface area contributed by atoms with Gasteiger partial charge in [-0.1, -0.05) is 43.7 Å². The average Bonchev–Trinajstić information content (AvgIpc) is 2.34. The van der Waals surface area contributed by atoms with E-state index in [4.69, 9.17) is 0 Å². The van der Waals surface area contributed by atoms with Gasteiger partial charge in [-0.3, -0.25) is 4.79 Å². The van der Waals surface area contributed by atoms with E-state index in [-0.39, 0.29) is 11.7 Å². The van der Waals surface area contributed by atoms with E-state index >= 15 is 0 Å². The van der Waals surface area contributed by atoms with Crippen LogP contribution in [0.15, 0.2) is 30.3 Å². The van der Waals surface area contributed by atoms with Crippen molar-refractivity contribution in [3.05, 3.63) is 35.9 Å². The van der Waals surface area contributed by atoms with Crippen molar-refractivity contribution in [3.8, 4) is 0 Å². The summed E-state index contributed by atoms with van der Waals surface area (Å²) in [7, 11) is 0. The number of Topliss-reactive ketones (excluding diaryl/α,β-unsaturated/α-hetero) is 1. The lowest BCUT2D eigenvalue weighted by Crippen LogP contribution is -2.27. The molecule has 1 N–H and O–H groups in total. The fourth-order valence-electron chi connectivity index (χ4n) is 2.14. The van der Waals surface area contributed by atoms with Crippen LogP contribution in [0.5, 0.6) is 0 Å². The molecule has 1 rings (SSSR count). The molecule has 0 spiro atoms. The first-order valence-corrected chi connectivity index (χ1v) is 6.37. The van der Waals surface area contributed by atoms with Gasteiger partial charge in [0.05, 0.1) is 6.10 Å². The van der Waals surface area contributed by atoms with Crippen LogP contribution >= 0.6 is 0 Å². The maximum absolute atomic E-state index is 11.4. The topological polar surface area (TPSA) is 37.3 Å². The predicted molar refractivity (Wildman–Crippen MR) is 69.8 cm³/mol. The lowest BCUT2D eigenvalue weighted by Gasteiger charge is -2.19. The van der Waals surface area contributed by atoms with E-state index in [9.17, 15) is 9.90 Å². The van der Waals surface area contributed by atoms with E-state index in [0.29, 0.717) is 6.42 Å². The van der Waals surface area contributed by atoms with Gasteiger partial charge in [0.15, 0.2) is 0 Å². The second-order valence-electron chi connectivity index (χ2n) is 4.60. The van der Waals surface area contributed by atoms with Crippen LogP contribution in [0.2, 0.25) is 0 Å². The number of aliphatic hydroxyl groups is 1. The van der Waals surface area contributed by atoms with Crippen molar-refractivity contribution in [1.82, 2.24) is 0 Å². The number of carbonyl (C=O) groups is 1. The number of ketones is 1. The highest BCUT2D eigenvalue weighted by atomic mass is 16.3. The van der Waals surface area contributed by atoms with Gasteiger partial charge in [0.1, 0.15) is 5.78 Å². The molecule has 17 heavy (non-hydrogen) atoms. The third-order valence-electron chi connectivity index (χ3n) is 3.16. The minimum Gasteiger partial charge on any atom is -0.392 e. The number of carbonyl (C=O) groups excluding carboxylic acids is 1. The Balaban J connectivity index is 2.47. The maximum atomic E-state index is 11.4. The highest BCUT2D eigenvalue weighted by Crippen LogP contribution is 2.17. The van der Waals surface area contributed by atoms with Gasteiger partial charge in [0.2, 0.25) is 0 Å². The van der Waals surface area contributed by atoms with E-state index in [0.717, 1.165) is 19.3 Å². The lowest BCUT2D eigenvalue weighted by atomic mass is 9.90. The summed E-state index contributed by atoms with van der Waals surface area (Å²) in [6.45, 7) is 3.62. The van der Waals surface area contributed by atoms with Crippen LogP contribution in [-0.2, 0) is 11.2 Å². The number of benzene rings is 1. The van der Waals surface area contributed by atoms with Crippen LogP contribution in [0.1, 0.15) is 38.7 Å². The van der Waals surface area contributed by atoms with E-state index in [1.54, 1.807) is 6.92 Å². The first-order valence-electron chi connectivity index (χ1n) is 6.37. The van der Waals surface area contributed by atoms with Crippen molar-refractivity contribution in [3.63, 3.8) is 0 Å². The summed E-state index contributed by atoms with van der Waals surface area (Å²) in [6, 6.07) is 10.1. The van der Waals surface area contributed by atoms with Crippen LogP contribution in [0, 0.1) is 5.92 Å². The molecule has 2 heteroatoms. The molecule has 0 unspecified atom stereocenters. The van der Waals surface area contributed by atoms with Crippen molar-refractivity contribution < 1.29 is 9.90 Å². The highest BCUT2D eigenvalue weighted by Gasteiger charge is 2.22. The third-order valence-corrected chi connectivity index (χ3v) is 3.16. The zero-order valence-corrected chi connectivity index (χ0v) is 10.7. The Hall–Kier alpha value is -1.15. The summed E-state index contributed by atoms with van der Waals surface area (Å²) < 4.78 is 0. The summed E-state index contributed by atoms with van der Waals surface area (Å²) >= 11 is 0. The van der Waals surface area contributed by atoms with Crippen LogP contribution in [-0.4, -0.2) is 17.0 Å². The fraction of sp³-hybridized carbons (Fsp3) is 0.533. The summed E-state index contributed by atoms with van der Waals surface area (Å²) in [4.78, 5) is 11.4. The predicted octanol–water partition coefficient (Wildman–Crippen LogP) is 2.99. The van der Waals surface area contributed by atoms with E-state index < -0.39 is 6.10 Å². The molecule has 0 radical (unpaired) electrons. The zero-order valence-electron chi connectivity index (χ0n) is 10.7. The second kappa shape index (κ2) is 7.23. The normalized spacial score (nSPS) is 14.3. The fourth-order valence-corrected chi connectivity index (χ4v) is 2.14. The summed E-state index contributed by atoms with van der Waals surface area (Å²) in [5.74, 6) is -0.0869. The minimum atomic E-state index is -0.507. The number of hydrogen-bond donors (Lipinski definition) is 1. The average molecular weight is 234 g/mol. The van der Waals surface area contributed by atoms with Gasteiger partial charge in [-0.25, -0.2) is 0 Å². The minimum absolute atomic E-state index is 0.104. The molecule has 0 saturated heterocycles. The SMILES string of the molecule is CCC[C@@H](C(C)=O)[C@H](O)CCc1ccccc1. The van der Waals surface area contributed by atoms with Gasteiger partial charge in [-0.05, 0) is 31.7 Å². The number of aliphatic hydroxyl groups excluding tert-OH is 1.